The smallest absolute Gasteiger partial charge is 0.266 e. The Kier molecular flexibility index (Phi) is 4.08. The monoisotopic (exact) mass is 350 g/mol. The van der Waals surface area contributed by atoms with E-state index < -0.39 is 15.8 Å². The van der Waals surface area contributed by atoms with E-state index in [0.29, 0.717) is 5.82 Å². The molecule has 0 unspecified atom stereocenters. The molecule has 0 aliphatic carbocycles. The molecular weight excluding hydrogens is 339 g/mol. The average Bonchev–Trinajstić information content (AvgIpc) is 3.09. The highest BCUT2D eigenvalue weighted by Crippen LogP contribution is 2.26. The molecule has 3 rings (SSSR count). The van der Waals surface area contributed by atoms with Crippen molar-refractivity contribution in [2.75, 3.05) is 11.8 Å². The molecule has 0 amide bonds. The Balaban J connectivity index is 1.96. The number of halogens is 1. The van der Waals surface area contributed by atoms with E-state index in [1.807, 2.05) is 0 Å². The summed E-state index contributed by atoms with van der Waals surface area (Å²) in [6, 6.07) is 4.55. The second kappa shape index (κ2) is 6.20. The zero-order valence-electron chi connectivity index (χ0n) is 12.3. The second-order valence-corrected chi connectivity index (χ2v) is 6.15. The summed E-state index contributed by atoms with van der Waals surface area (Å²) in [4.78, 5) is 11.2. The lowest BCUT2D eigenvalue weighted by Crippen LogP contribution is -2.16. The van der Waals surface area contributed by atoms with Gasteiger partial charge in [0.15, 0.2) is 5.82 Å². The quantitative estimate of drug-likeness (QED) is 0.730. The lowest BCUT2D eigenvalue weighted by atomic mass is 10.3. The van der Waals surface area contributed by atoms with Crippen LogP contribution in [0.2, 0.25) is 0 Å². The Morgan fingerprint density at radius 3 is 2.75 bits per heavy atom. The molecule has 2 heterocycles. The predicted molar refractivity (Wildman–Crippen MR) is 80.7 cm³/mol. The molecule has 0 saturated carbocycles. The van der Waals surface area contributed by atoms with Gasteiger partial charge in [-0.3, -0.25) is 4.72 Å². The Labute approximate surface area is 136 Å². The number of rotatable bonds is 5. The van der Waals surface area contributed by atoms with Gasteiger partial charge in [-0.1, -0.05) is 0 Å². The Hall–Kier alpha value is -3.08. The molecule has 2 aromatic heterocycles. The van der Waals surface area contributed by atoms with Crippen LogP contribution in [0.3, 0.4) is 0 Å². The number of anilines is 1. The number of methoxy groups -OCH3 is 1. The first kappa shape index (κ1) is 15.8. The van der Waals surface area contributed by atoms with Gasteiger partial charge in [-0.15, -0.1) is 0 Å². The summed E-state index contributed by atoms with van der Waals surface area (Å²) >= 11 is 0. The molecule has 0 radical (unpaired) electrons. The lowest BCUT2D eigenvalue weighted by molar-refractivity contribution is 0.401. The molecule has 24 heavy (non-hydrogen) atoms. The van der Waals surface area contributed by atoms with Crippen molar-refractivity contribution in [2.45, 2.75) is 4.90 Å². The van der Waals surface area contributed by atoms with Crippen LogP contribution in [0.4, 0.5) is 10.2 Å². The Morgan fingerprint density at radius 2 is 2.04 bits per heavy atom. The van der Waals surface area contributed by atoms with Crippen molar-refractivity contribution >= 4 is 15.8 Å². The van der Waals surface area contributed by atoms with Crippen molar-refractivity contribution < 1.29 is 17.5 Å². The SMILES string of the molecule is COc1ccc(F)cc1S(=O)(=O)Nc1cc(-n2cncn2)ncn1. The minimum absolute atomic E-state index is 0.00876. The molecule has 3 aromatic rings. The molecule has 0 aliphatic heterocycles. The van der Waals surface area contributed by atoms with Gasteiger partial charge >= 0.3 is 0 Å². The van der Waals surface area contributed by atoms with Crippen molar-refractivity contribution in [2.24, 2.45) is 0 Å². The number of hydrogen-bond acceptors (Lipinski definition) is 7. The molecule has 0 aliphatic rings. The number of hydrogen-bond donors (Lipinski definition) is 1. The van der Waals surface area contributed by atoms with Crippen LogP contribution in [0.15, 0.2) is 48.1 Å². The maximum Gasteiger partial charge on any atom is 0.266 e. The molecule has 0 bridgehead atoms. The van der Waals surface area contributed by atoms with Crippen LogP contribution in [-0.2, 0) is 10.0 Å². The van der Waals surface area contributed by atoms with Gasteiger partial charge in [-0.2, -0.15) is 5.10 Å². The van der Waals surface area contributed by atoms with Gasteiger partial charge in [-0.05, 0) is 18.2 Å². The predicted octanol–water partition coefficient (Wildman–Crippen LogP) is 1.01. The van der Waals surface area contributed by atoms with Crippen LogP contribution in [0.25, 0.3) is 5.82 Å². The summed E-state index contributed by atoms with van der Waals surface area (Å²) in [7, 11) is -2.82. The largest absolute Gasteiger partial charge is 0.495 e. The maximum absolute atomic E-state index is 13.4. The first-order valence-electron chi connectivity index (χ1n) is 6.53. The van der Waals surface area contributed by atoms with Gasteiger partial charge in [0, 0.05) is 6.07 Å². The number of aromatic nitrogens is 5. The highest BCUT2D eigenvalue weighted by atomic mass is 32.2. The topological polar surface area (TPSA) is 112 Å². The van der Waals surface area contributed by atoms with Crippen molar-refractivity contribution in [1.82, 2.24) is 24.7 Å². The third-order valence-electron chi connectivity index (χ3n) is 2.96. The molecule has 0 spiro atoms. The normalized spacial score (nSPS) is 11.2. The number of nitrogens with zero attached hydrogens (tertiary/aromatic N) is 5. The van der Waals surface area contributed by atoms with Crippen LogP contribution in [0, 0.1) is 5.82 Å². The van der Waals surface area contributed by atoms with E-state index in [-0.39, 0.29) is 16.5 Å². The summed E-state index contributed by atoms with van der Waals surface area (Å²) in [5.74, 6) is -0.398. The highest BCUT2D eigenvalue weighted by molar-refractivity contribution is 7.92. The average molecular weight is 350 g/mol. The van der Waals surface area contributed by atoms with Crippen LogP contribution >= 0.6 is 0 Å². The molecule has 11 heteroatoms. The summed E-state index contributed by atoms with van der Waals surface area (Å²) in [6.07, 6.45) is 3.87. The van der Waals surface area contributed by atoms with Crippen molar-refractivity contribution in [3.63, 3.8) is 0 Å². The Morgan fingerprint density at radius 1 is 1.21 bits per heavy atom. The van der Waals surface area contributed by atoms with Gasteiger partial charge in [0.1, 0.15) is 41.3 Å². The molecule has 0 fully saturated rings. The molecule has 1 N–H and O–H groups in total. The van der Waals surface area contributed by atoms with E-state index in [1.165, 1.54) is 36.6 Å². The van der Waals surface area contributed by atoms with E-state index in [9.17, 15) is 12.8 Å². The van der Waals surface area contributed by atoms with Crippen LogP contribution in [0.5, 0.6) is 5.75 Å². The van der Waals surface area contributed by atoms with Gasteiger partial charge in [0.05, 0.1) is 7.11 Å². The van der Waals surface area contributed by atoms with Crippen molar-refractivity contribution in [3.05, 3.63) is 49.1 Å². The lowest BCUT2D eigenvalue weighted by Gasteiger charge is -2.11. The molecule has 0 saturated heterocycles. The van der Waals surface area contributed by atoms with Crippen LogP contribution < -0.4 is 9.46 Å². The standard InChI is InChI=1S/C13H11FN6O3S/c1-23-10-3-2-9(14)4-11(10)24(21,22)19-12-5-13(17-7-16-12)20-8-15-6-18-20/h2-8H,1H3,(H,16,17,19). The fraction of sp³-hybridized carbons (Fsp3) is 0.0769. The van der Waals surface area contributed by atoms with Crippen LogP contribution in [0.1, 0.15) is 0 Å². The van der Waals surface area contributed by atoms with Gasteiger partial charge < -0.3 is 4.74 Å². The summed E-state index contributed by atoms with van der Waals surface area (Å²) in [5.41, 5.74) is 0. The zero-order chi connectivity index (χ0) is 17.2. The van der Waals surface area contributed by atoms with E-state index in [4.69, 9.17) is 4.74 Å². The maximum atomic E-state index is 13.4. The molecule has 9 nitrogen and oxygen atoms in total. The zero-order valence-corrected chi connectivity index (χ0v) is 13.1. The third kappa shape index (κ3) is 3.15. The summed E-state index contributed by atoms with van der Waals surface area (Å²) in [5, 5.41) is 3.89. The van der Waals surface area contributed by atoms with E-state index in [0.717, 1.165) is 18.5 Å². The number of ether oxygens (including phenoxy) is 1. The van der Waals surface area contributed by atoms with Crippen LogP contribution in [-0.4, -0.2) is 40.3 Å². The van der Waals surface area contributed by atoms with Gasteiger partial charge in [0.25, 0.3) is 10.0 Å². The van der Waals surface area contributed by atoms with E-state index in [2.05, 4.69) is 24.8 Å². The summed E-state index contributed by atoms with van der Waals surface area (Å²) < 4.78 is 46.9. The Bertz CT molecular complexity index is 962. The molecule has 1 aromatic carbocycles. The highest BCUT2D eigenvalue weighted by Gasteiger charge is 2.21. The van der Waals surface area contributed by atoms with Crippen molar-refractivity contribution in [1.29, 1.82) is 0 Å². The molecule has 0 atom stereocenters. The number of nitrogens with one attached hydrogen (secondary N) is 1. The van der Waals surface area contributed by atoms with Crippen molar-refractivity contribution in [3.8, 4) is 11.6 Å². The van der Waals surface area contributed by atoms with Gasteiger partial charge in [-0.25, -0.2) is 32.4 Å². The fourth-order valence-corrected chi connectivity index (χ4v) is 3.09. The first-order chi connectivity index (χ1) is 11.5. The number of benzene rings is 1. The minimum Gasteiger partial charge on any atom is -0.495 e. The fourth-order valence-electron chi connectivity index (χ4n) is 1.91. The molecule has 124 valence electrons. The van der Waals surface area contributed by atoms with Gasteiger partial charge in [0.2, 0.25) is 0 Å². The minimum atomic E-state index is -4.11. The number of sulfonamides is 1. The third-order valence-corrected chi connectivity index (χ3v) is 4.34. The first-order valence-corrected chi connectivity index (χ1v) is 8.01. The molecular formula is C13H11FN6O3S. The summed E-state index contributed by atoms with van der Waals surface area (Å²) in [6.45, 7) is 0. The van der Waals surface area contributed by atoms with E-state index >= 15 is 0 Å². The second-order valence-electron chi connectivity index (χ2n) is 4.50. The van der Waals surface area contributed by atoms with E-state index in [1.54, 1.807) is 0 Å².